The Labute approximate surface area is 139 Å². The predicted molar refractivity (Wildman–Crippen MR) is 92.1 cm³/mol. The number of hydrogen-bond donors (Lipinski definition) is 3. The molecule has 1 aromatic carbocycles. The van der Waals surface area contributed by atoms with Crippen LogP contribution in [0.25, 0.3) is 0 Å². The minimum absolute atomic E-state index is 0.0596. The number of aromatic amines is 1. The first-order chi connectivity index (χ1) is 11.6. The Morgan fingerprint density at radius 3 is 2.83 bits per heavy atom. The number of nitrogens with one attached hydrogen (secondary N) is 3. The van der Waals surface area contributed by atoms with Crippen LogP contribution in [0.5, 0.6) is 0 Å². The predicted octanol–water partition coefficient (Wildman–Crippen LogP) is 2.59. The summed E-state index contributed by atoms with van der Waals surface area (Å²) in [4.78, 5) is 38.5. The number of anilines is 2. The number of amides is 2. The first-order valence-corrected chi connectivity index (χ1v) is 7.99. The number of hydrogen-bond acceptors (Lipinski definition) is 3. The van der Waals surface area contributed by atoms with Crippen LogP contribution in [0.4, 0.5) is 11.4 Å². The average molecular weight is 325 g/mol. The summed E-state index contributed by atoms with van der Waals surface area (Å²) >= 11 is 0. The molecule has 6 nitrogen and oxygen atoms in total. The maximum atomic E-state index is 12.1. The summed E-state index contributed by atoms with van der Waals surface area (Å²) in [7, 11) is 0. The normalized spacial score (nSPS) is 16.2. The molecule has 0 aliphatic carbocycles. The van der Waals surface area contributed by atoms with Crippen molar-refractivity contribution in [2.24, 2.45) is 0 Å². The molecule has 1 unspecified atom stereocenters. The standard InChI is InChI=1S/C18H19N3O3/c1-2-4-16(22)20-11-6-7-12-14(10-17(23)21-15(12)9-11)13-5-3-8-19-18(13)24/h3,5-9,14H,2,4,10H2,1H3,(H,19,24)(H,20,22)(H,21,23). The van der Waals surface area contributed by atoms with Crippen LogP contribution < -0.4 is 16.2 Å². The highest BCUT2D eigenvalue weighted by Gasteiger charge is 2.28. The van der Waals surface area contributed by atoms with E-state index in [1.54, 1.807) is 30.5 Å². The number of benzene rings is 1. The Bertz CT molecular complexity index is 841. The zero-order valence-electron chi connectivity index (χ0n) is 13.4. The van der Waals surface area contributed by atoms with Crippen molar-refractivity contribution in [1.82, 2.24) is 4.98 Å². The van der Waals surface area contributed by atoms with Crippen LogP contribution in [0, 0.1) is 0 Å². The lowest BCUT2D eigenvalue weighted by molar-refractivity contribution is -0.117. The molecule has 2 heterocycles. The van der Waals surface area contributed by atoms with E-state index in [0.29, 0.717) is 23.4 Å². The van der Waals surface area contributed by atoms with Gasteiger partial charge >= 0.3 is 0 Å². The van der Waals surface area contributed by atoms with Crippen LogP contribution in [-0.4, -0.2) is 16.8 Å². The Hall–Kier alpha value is -2.89. The maximum absolute atomic E-state index is 12.1. The third-order valence-electron chi connectivity index (χ3n) is 4.08. The zero-order valence-corrected chi connectivity index (χ0v) is 13.4. The van der Waals surface area contributed by atoms with Gasteiger partial charge in [-0.1, -0.05) is 19.1 Å². The molecule has 0 radical (unpaired) electrons. The Balaban J connectivity index is 1.96. The molecule has 0 saturated carbocycles. The highest BCUT2D eigenvalue weighted by molar-refractivity contribution is 5.97. The molecule has 1 aromatic heterocycles. The molecule has 1 atom stereocenters. The van der Waals surface area contributed by atoms with Gasteiger partial charge in [-0.05, 0) is 30.2 Å². The molecule has 2 aromatic rings. The molecule has 0 fully saturated rings. The lowest BCUT2D eigenvalue weighted by Crippen LogP contribution is -2.27. The molecule has 1 aliphatic rings. The molecule has 2 amide bonds. The van der Waals surface area contributed by atoms with E-state index in [1.165, 1.54) is 0 Å². The molecule has 6 heteroatoms. The second-order valence-electron chi connectivity index (χ2n) is 5.86. The van der Waals surface area contributed by atoms with Crippen LogP contribution in [-0.2, 0) is 9.59 Å². The van der Waals surface area contributed by atoms with Crippen molar-refractivity contribution in [2.45, 2.75) is 32.1 Å². The number of carbonyl (C=O) groups excluding carboxylic acids is 2. The van der Waals surface area contributed by atoms with Crippen LogP contribution in [0.2, 0.25) is 0 Å². The summed E-state index contributed by atoms with van der Waals surface area (Å²) in [6.45, 7) is 1.94. The third kappa shape index (κ3) is 3.22. The minimum Gasteiger partial charge on any atom is -0.329 e. The van der Waals surface area contributed by atoms with Crippen molar-refractivity contribution in [3.63, 3.8) is 0 Å². The first kappa shape index (κ1) is 16.0. The van der Waals surface area contributed by atoms with Crippen molar-refractivity contribution in [2.75, 3.05) is 10.6 Å². The number of pyridine rings is 1. The van der Waals surface area contributed by atoms with Crippen LogP contribution in [0.15, 0.2) is 41.3 Å². The second kappa shape index (κ2) is 6.70. The summed E-state index contributed by atoms with van der Waals surface area (Å²) in [5, 5.41) is 5.64. The number of H-pyrrole nitrogens is 1. The van der Waals surface area contributed by atoms with Gasteiger partial charge in [0.05, 0.1) is 0 Å². The van der Waals surface area contributed by atoms with Gasteiger partial charge in [-0.15, -0.1) is 0 Å². The van der Waals surface area contributed by atoms with Crippen molar-refractivity contribution >= 4 is 23.2 Å². The van der Waals surface area contributed by atoms with Crippen LogP contribution in [0.1, 0.15) is 43.2 Å². The van der Waals surface area contributed by atoms with Crippen molar-refractivity contribution in [3.8, 4) is 0 Å². The van der Waals surface area contributed by atoms with Gasteiger partial charge in [-0.2, -0.15) is 0 Å². The topological polar surface area (TPSA) is 91.1 Å². The van der Waals surface area contributed by atoms with Crippen molar-refractivity contribution in [3.05, 3.63) is 58.0 Å². The van der Waals surface area contributed by atoms with E-state index in [0.717, 1.165) is 12.0 Å². The first-order valence-electron chi connectivity index (χ1n) is 7.99. The maximum Gasteiger partial charge on any atom is 0.251 e. The van der Waals surface area contributed by atoms with Crippen LogP contribution in [0.3, 0.4) is 0 Å². The molecule has 24 heavy (non-hydrogen) atoms. The van der Waals surface area contributed by atoms with Gasteiger partial charge in [0.1, 0.15) is 0 Å². The van der Waals surface area contributed by atoms with Gasteiger partial charge in [-0.25, -0.2) is 0 Å². The summed E-state index contributed by atoms with van der Waals surface area (Å²) in [6, 6.07) is 8.89. The smallest absolute Gasteiger partial charge is 0.251 e. The second-order valence-corrected chi connectivity index (χ2v) is 5.86. The van der Waals surface area contributed by atoms with E-state index in [1.807, 2.05) is 13.0 Å². The molecule has 1 aliphatic heterocycles. The summed E-state index contributed by atoms with van der Waals surface area (Å²) < 4.78 is 0. The fraction of sp³-hybridized carbons (Fsp3) is 0.278. The summed E-state index contributed by atoms with van der Waals surface area (Å²) in [6.07, 6.45) is 3.02. The van der Waals surface area contributed by atoms with E-state index in [-0.39, 0.29) is 29.7 Å². The van der Waals surface area contributed by atoms with Gasteiger partial charge in [0.2, 0.25) is 11.8 Å². The fourth-order valence-electron chi connectivity index (χ4n) is 2.98. The van der Waals surface area contributed by atoms with Gasteiger partial charge in [0.15, 0.2) is 0 Å². The van der Waals surface area contributed by atoms with E-state index >= 15 is 0 Å². The Morgan fingerprint density at radius 2 is 2.08 bits per heavy atom. The van der Waals surface area contributed by atoms with Crippen LogP contribution >= 0.6 is 0 Å². The minimum atomic E-state index is -0.293. The number of fused-ring (bicyclic) bond motifs is 1. The number of carbonyl (C=O) groups is 2. The van der Waals surface area contributed by atoms with Gasteiger partial charge in [0.25, 0.3) is 5.56 Å². The van der Waals surface area contributed by atoms with E-state index in [9.17, 15) is 14.4 Å². The quantitative estimate of drug-likeness (QED) is 0.807. The fourth-order valence-corrected chi connectivity index (χ4v) is 2.98. The van der Waals surface area contributed by atoms with Gasteiger partial charge in [0, 0.05) is 41.9 Å². The highest BCUT2D eigenvalue weighted by atomic mass is 16.2. The Morgan fingerprint density at radius 1 is 1.25 bits per heavy atom. The van der Waals surface area contributed by atoms with E-state index in [4.69, 9.17) is 0 Å². The Kier molecular flexibility index (Phi) is 4.46. The summed E-state index contributed by atoms with van der Waals surface area (Å²) in [5.74, 6) is -0.498. The zero-order chi connectivity index (χ0) is 17.1. The molecule has 124 valence electrons. The van der Waals surface area contributed by atoms with Gasteiger partial charge in [-0.3, -0.25) is 14.4 Å². The number of aromatic nitrogens is 1. The van der Waals surface area contributed by atoms with Crippen molar-refractivity contribution < 1.29 is 9.59 Å². The molecular weight excluding hydrogens is 306 g/mol. The lowest BCUT2D eigenvalue weighted by atomic mass is 9.85. The molecule has 3 rings (SSSR count). The molecular formula is C18H19N3O3. The summed E-state index contributed by atoms with van der Waals surface area (Å²) in [5.41, 5.74) is 2.52. The third-order valence-corrected chi connectivity index (χ3v) is 4.08. The monoisotopic (exact) mass is 325 g/mol. The highest BCUT2D eigenvalue weighted by Crippen LogP contribution is 2.37. The SMILES string of the molecule is CCCC(=O)Nc1ccc2c(c1)NC(=O)CC2c1ccc[nH]c1=O. The van der Waals surface area contributed by atoms with Crippen molar-refractivity contribution in [1.29, 1.82) is 0 Å². The average Bonchev–Trinajstić information content (AvgIpc) is 2.54. The molecule has 3 N–H and O–H groups in total. The van der Waals surface area contributed by atoms with E-state index in [2.05, 4.69) is 15.6 Å². The number of rotatable bonds is 4. The van der Waals surface area contributed by atoms with Gasteiger partial charge < -0.3 is 15.6 Å². The largest absolute Gasteiger partial charge is 0.329 e. The molecule has 0 bridgehead atoms. The lowest BCUT2D eigenvalue weighted by Gasteiger charge is -2.26. The molecule has 0 spiro atoms. The molecule has 0 saturated heterocycles. The van der Waals surface area contributed by atoms with E-state index < -0.39 is 0 Å².